The molecule has 5 rings (SSSR count). The van der Waals surface area contributed by atoms with Gasteiger partial charge in [0.05, 0.1) is 18.5 Å². The number of benzene rings is 3. The molecule has 0 amide bonds. The summed E-state index contributed by atoms with van der Waals surface area (Å²) in [5.41, 5.74) is 5.94. The number of aromatic amines is 1. The normalized spacial score (nSPS) is 10.8. The van der Waals surface area contributed by atoms with Crippen LogP contribution < -0.4 is 67.4 Å². The van der Waals surface area contributed by atoms with E-state index in [4.69, 9.17) is 14.2 Å². The molecule has 0 aliphatic heterocycles. The van der Waals surface area contributed by atoms with Crippen LogP contribution in [0.15, 0.2) is 86.9 Å². The Morgan fingerprint density at radius 2 is 1.65 bits per heavy atom. The maximum absolute atomic E-state index is 13.9. The molecule has 5 aromatic rings. The Morgan fingerprint density at radius 1 is 0.950 bits per heavy atom. The van der Waals surface area contributed by atoms with Crippen LogP contribution >= 0.6 is 0 Å². The second-order valence-electron chi connectivity index (χ2n) is 9.26. The number of nitrogens with zero attached hydrogens (tertiary/aromatic N) is 3. The first-order valence-corrected chi connectivity index (χ1v) is 13.0. The molecule has 3 aromatic carbocycles. The Kier molecular flexibility index (Phi) is 10.1. The third kappa shape index (κ3) is 6.29. The van der Waals surface area contributed by atoms with E-state index >= 15 is 0 Å². The van der Waals surface area contributed by atoms with Crippen molar-refractivity contribution in [1.29, 1.82) is 0 Å². The first kappa shape index (κ1) is 29.9. The summed E-state index contributed by atoms with van der Waals surface area (Å²) in [6, 6.07) is 23.2. The van der Waals surface area contributed by atoms with E-state index in [1.54, 1.807) is 11.7 Å². The number of aryl methyl sites for hydroxylation is 2. The molecule has 0 spiro atoms. The average molecular weight is 563 g/mol. The van der Waals surface area contributed by atoms with Gasteiger partial charge in [-0.3, -0.25) is 18.9 Å². The average Bonchev–Trinajstić information content (AvgIpc) is 3.41. The van der Waals surface area contributed by atoms with Gasteiger partial charge >= 0.3 is 57.1 Å². The van der Waals surface area contributed by atoms with Crippen molar-refractivity contribution >= 4 is 0 Å². The van der Waals surface area contributed by atoms with Crippen LogP contribution in [-0.4, -0.2) is 26.8 Å². The number of hydrogen-bond donors (Lipinski definition) is 1. The van der Waals surface area contributed by atoms with Crippen molar-refractivity contribution in [3.05, 3.63) is 116 Å². The van der Waals surface area contributed by atoms with Gasteiger partial charge in [0.15, 0.2) is 5.82 Å². The molecule has 0 radical (unpaired) electrons. The van der Waals surface area contributed by atoms with Crippen molar-refractivity contribution in [3.63, 3.8) is 0 Å². The van der Waals surface area contributed by atoms with Crippen molar-refractivity contribution in [2.24, 2.45) is 0 Å². The predicted molar refractivity (Wildman–Crippen MR) is 152 cm³/mol. The Labute approximate surface area is 276 Å². The third-order valence-corrected chi connectivity index (χ3v) is 6.73. The summed E-state index contributed by atoms with van der Waals surface area (Å²) in [7, 11) is 1.62. The molecule has 40 heavy (non-hydrogen) atoms. The standard InChI is InChI=1S/C31H30N4O4.K.H/c1-4-8-27-26(30(36)35(28(5-2)32-27)22-15-17-23(38-3)18-16-22)19-20-11-13-21(14-12-20)24-9-6-7-10-25(24)29-33-31(37)39-34-29;;/h6-7,9-18H,4-5,8,19H2,1-3H3,(H,33,34,37);;/q;+1;-1. The van der Waals surface area contributed by atoms with Gasteiger partial charge in [-0.15, -0.1) is 0 Å². The Balaban J connectivity index is 0.00000231. The molecule has 9 heteroatoms. The van der Waals surface area contributed by atoms with Crippen molar-refractivity contribution in [2.75, 3.05) is 7.11 Å². The molecule has 8 nitrogen and oxygen atoms in total. The maximum Gasteiger partial charge on any atom is 1.00 e. The fraction of sp³-hybridized carbons (Fsp3) is 0.226. The molecular formula is C31H31KN4O4. The topological polar surface area (TPSA) is 103 Å². The molecule has 0 aliphatic carbocycles. The largest absolute Gasteiger partial charge is 1.00 e. The summed E-state index contributed by atoms with van der Waals surface area (Å²) in [6.07, 6.45) is 2.75. The molecule has 2 heterocycles. The zero-order valence-electron chi connectivity index (χ0n) is 24.2. The van der Waals surface area contributed by atoms with Gasteiger partial charge < -0.3 is 6.16 Å². The van der Waals surface area contributed by atoms with Crippen LogP contribution in [0.2, 0.25) is 0 Å². The maximum atomic E-state index is 13.9. The first-order valence-electron chi connectivity index (χ1n) is 13.0. The van der Waals surface area contributed by atoms with Gasteiger partial charge in [-0.1, -0.05) is 74.0 Å². The molecule has 0 saturated carbocycles. The molecule has 0 fully saturated rings. The van der Waals surface area contributed by atoms with E-state index in [-0.39, 0.29) is 58.4 Å². The summed E-state index contributed by atoms with van der Waals surface area (Å²) in [6.45, 7) is 4.11. The van der Waals surface area contributed by atoms with Crippen LogP contribution in [-0.2, 0) is 19.3 Å². The van der Waals surface area contributed by atoms with Gasteiger partial charge in [-0.25, -0.2) is 9.78 Å². The Bertz CT molecular complexity index is 1710. The van der Waals surface area contributed by atoms with Gasteiger partial charge in [0.1, 0.15) is 11.6 Å². The van der Waals surface area contributed by atoms with Crippen LogP contribution in [0.1, 0.15) is 44.3 Å². The molecule has 200 valence electrons. The number of H-pyrrole nitrogens is 1. The molecule has 1 N–H and O–H groups in total. The van der Waals surface area contributed by atoms with E-state index in [1.807, 2.05) is 79.7 Å². The van der Waals surface area contributed by atoms with Crippen LogP contribution in [0, 0.1) is 0 Å². The molecule has 0 saturated heterocycles. The first-order chi connectivity index (χ1) is 19.0. The number of ether oxygens (including phenoxy) is 1. The molecular weight excluding hydrogens is 531 g/mol. The minimum atomic E-state index is -0.596. The monoisotopic (exact) mass is 562 g/mol. The number of rotatable bonds is 9. The van der Waals surface area contributed by atoms with Gasteiger partial charge in [0.2, 0.25) is 0 Å². The van der Waals surface area contributed by atoms with Gasteiger partial charge in [-0.05, 0) is 47.4 Å². The second-order valence-corrected chi connectivity index (χ2v) is 9.26. The third-order valence-electron chi connectivity index (χ3n) is 6.73. The molecule has 0 aliphatic rings. The second kappa shape index (κ2) is 13.5. The summed E-state index contributed by atoms with van der Waals surface area (Å²) >= 11 is 0. The van der Waals surface area contributed by atoms with E-state index in [9.17, 15) is 9.59 Å². The SMILES string of the molecule is CCCc1nc(CC)n(-c2ccc(OC)cc2)c(=O)c1Cc1ccc(-c2ccccc2-c2noc(=O)[nH]2)cc1.[H-].[K+]. The van der Waals surface area contributed by atoms with Gasteiger partial charge in [-0.2, -0.15) is 0 Å². The summed E-state index contributed by atoms with van der Waals surface area (Å²) < 4.78 is 11.7. The zero-order chi connectivity index (χ0) is 27.4. The minimum Gasteiger partial charge on any atom is -1.00 e. The van der Waals surface area contributed by atoms with Crippen molar-refractivity contribution in [2.45, 2.75) is 39.5 Å². The van der Waals surface area contributed by atoms with E-state index in [0.29, 0.717) is 24.2 Å². The van der Waals surface area contributed by atoms with Crippen LogP contribution in [0.4, 0.5) is 0 Å². The van der Waals surface area contributed by atoms with E-state index in [1.165, 1.54) is 0 Å². The van der Waals surface area contributed by atoms with Crippen LogP contribution in [0.5, 0.6) is 5.75 Å². The molecule has 0 unspecified atom stereocenters. The van der Waals surface area contributed by atoms with Crippen molar-refractivity contribution in [3.8, 4) is 34.0 Å². The zero-order valence-corrected chi connectivity index (χ0v) is 26.4. The van der Waals surface area contributed by atoms with Crippen LogP contribution in [0.3, 0.4) is 0 Å². The van der Waals surface area contributed by atoms with E-state index in [0.717, 1.165) is 58.1 Å². The summed E-state index contributed by atoms with van der Waals surface area (Å²) in [5.74, 6) is 1.26. The summed E-state index contributed by atoms with van der Waals surface area (Å²) in [5, 5.41) is 3.85. The molecule has 0 atom stereocenters. The van der Waals surface area contributed by atoms with Crippen molar-refractivity contribution in [1.82, 2.24) is 19.7 Å². The molecule has 2 aromatic heterocycles. The fourth-order valence-corrected chi connectivity index (χ4v) is 4.80. The quantitative estimate of drug-likeness (QED) is 0.277. The van der Waals surface area contributed by atoms with E-state index < -0.39 is 5.76 Å². The minimum absolute atomic E-state index is 0. The Morgan fingerprint density at radius 3 is 2.25 bits per heavy atom. The number of methoxy groups -OCH3 is 1. The summed E-state index contributed by atoms with van der Waals surface area (Å²) in [4.78, 5) is 33.0. The number of hydrogen-bond acceptors (Lipinski definition) is 6. The number of nitrogens with one attached hydrogen (secondary N) is 1. The number of aromatic nitrogens is 4. The van der Waals surface area contributed by atoms with Crippen LogP contribution in [0.25, 0.3) is 28.2 Å². The van der Waals surface area contributed by atoms with Gasteiger partial charge in [0, 0.05) is 24.0 Å². The van der Waals surface area contributed by atoms with E-state index in [2.05, 4.69) is 17.1 Å². The van der Waals surface area contributed by atoms with Crippen molar-refractivity contribution < 1.29 is 62.1 Å². The predicted octanol–water partition coefficient (Wildman–Crippen LogP) is 2.47. The Hall–Kier alpha value is -3.08. The fourth-order valence-electron chi connectivity index (χ4n) is 4.80. The van der Waals surface area contributed by atoms with Gasteiger partial charge in [0.25, 0.3) is 5.56 Å². The molecule has 0 bridgehead atoms. The smallest absolute Gasteiger partial charge is 1.00 e.